The van der Waals surface area contributed by atoms with Crippen LogP contribution in [0, 0.1) is 10.1 Å². The molecule has 2 rings (SSSR count). The molecule has 23 heavy (non-hydrogen) atoms. The Morgan fingerprint density at radius 3 is 2.39 bits per heavy atom. The van der Waals surface area contributed by atoms with E-state index in [2.05, 4.69) is 0 Å². The topological polar surface area (TPSA) is 89.7 Å². The maximum absolute atomic E-state index is 12.0. The fourth-order valence-electron chi connectivity index (χ4n) is 1.65. The van der Waals surface area contributed by atoms with E-state index >= 15 is 0 Å². The third kappa shape index (κ3) is 4.86. The van der Waals surface area contributed by atoms with Crippen molar-refractivity contribution in [1.82, 2.24) is 0 Å². The number of non-ortho nitro benzene ring substituents is 1. The Morgan fingerprint density at radius 1 is 1.17 bits per heavy atom. The van der Waals surface area contributed by atoms with Crippen LogP contribution in [-0.4, -0.2) is 22.4 Å². The van der Waals surface area contributed by atoms with E-state index in [1.54, 1.807) is 0 Å². The Balaban J connectivity index is 1.93. The second-order valence-corrected chi connectivity index (χ2v) is 5.49. The van der Waals surface area contributed by atoms with E-state index in [1.165, 1.54) is 24.3 Å². The number of ether oxygens (including phenoxy) is 1. The number of hydrogen-bond acceptors (Lipinski definition) is 6. The molecule has 0 aliphatic carbocycles. The van der Waals surface area contributed by atoms with Gasteiger partial charge in [0, 0.05) is 17.0 Å². The minimum absolute atomic E-state index is 0.0562. The van der Waals surface area contributed by atoms with Crippen LogP contribution in [0.3, 0.4) is 0 Å². The highest BCUT2D eigenvalue weighted by molar-refractivity contribution is 8.04. The van der Waals surface area contributed by atoms with E-state index in [-0.39, 0.29) is 23.0 Å². The molecule has 0 aromatic heterocycles. The van der Waals surface area contributed by atoms with Crippen LogP contribution in [0.25, 0.3) is 0 Å². The fourth-order valence-corrected chi connectivity index (χ4v) is 2.43. The molecule has 0 bridgehead atoms. The summed E-state index contributed by atoms with van der Waals surface area (Å²) in [4.78, 5) is 23.0. The van der Waals surface area contributed by atoms with Gasteiger partial charge in [-0.2, -0.15) is 0 Å². The minimum Gasteiger partial charge on any atom is -0.514 e. The lowest BCUT2D eigenvalue weighted by Gasteiger charge is -2.07. The number of aliphatic hydroxyl groups excluding tert-OH is 1. The summed E-state index contributed by atoms with van der Waals surface area (Å²) < 4.78 is 5.29. The standard InChI is InChI=1S/C16H13NO5S/c18-10-16(23-14-4-2-1-3-5-14)15(19)11-22-13-8-6-12(7-9-13)17(20)21/h1-10,18H,11H2. The van der Waals surface area contributed by atoms with Gasteiger partial charge in [-0.15, -0.1) is 0 Å². The molecule has 0 radical (unpaired) electrons. The molecule has 0 atom stereocenters. The Kier molecular flexibility index (Phi) is 5.76. The lowest BCUT2D eigenvalue weighted by Crippen LogP contribution is -2.12. The third-order valence-corrected chi connectivity index (χ3v) is 3.84. The summed E-state index contributed by atoms with van der Waals surface area (Å²) in [7, 11) is 0. The second kappa shape index (κ2) is 8.00. The van der Waals surface area contributed by atoms with Crippen molar-refractivity contribution in [3.8, 4) is 5.75 Å². The van der Waals surface area contributed by atoms with Crippen LogP contribution < -0.4 is 4.74 Å². The smallest absolute Gasteiger partial charge is 0.269 e. The van der Waals surface area contributed by atoms with Crippen molar-refractivity contribution in [2.75, 3.05) is 6.61 Å². The monoisotopic (exact) mass is 331 g/mol. The molecule has 118 valence electrons. The molecule has 0 saturated heterocycles. The van der Waals surface area contributed by atoms with Gasteiger partial charge in [0.05, 0.1) is 16.1 Å². The average molecular weight is 331 g/mol. The molecule has 0 unspecified atom stereocenters. The van der Waals surface area contributed by atoms with Crippen LogP contribution in [0.15, 0.2) is 70.7 Å². The summed E-state index contributed by atoms with van der Waals surface area (Å²) in [6.45, 7) is -0.274. The lowest BCUT2D eigenvalue weighted by atomic mass is 10.3. The highest BCUT2D eigenvalue weighted by Crippen LogP contribution is 2.26. The van der Waals surface area contributed by atoms with Crippen LogP contribution in [-0.2, 0) is 4.79 Å². The number of carbonyl (C=O) groups excluding carboxylic acids is 1. The molecule has 0 heterocycles. The quantitative estimate of drug-likeness (QED) is 0.273. The number of hydrogen-bond donors (Lipinski definition) is 1. The number of carbonyl (C=O) groups is 1. The number of thioether (sulfide) groups is 1. The largest absolute Gasteiger partial charge is 0.514 e. The van der Waals surface area contributed by atoms with E-state index < -0.39 is 4.92 Å². The van der Waals surface area contributed by atoms with Gasteiger partial charge < -0.3 is 9.84 Å². The van der Waals surface area contributed by atoms with Crippen molar-refractivity contribution >= 4 is 23.2 Å². The van der Waals surface area contributed by atoms with E-state index in [1.807, 2.05) is 30.3 Å². The zero-order valence-electron chi connectivity index (χ0n) is 11.9. The predicted molar refractivity (Wildman–Crippen MR) is 86.6 cm³/mol. The predicted octanol–water partition coefficient (Wildman–Crippen LogP) is 3.73. The number of nitro benzene ring substituents is 1. The first kappa shape index (κ1) is 16.6. The zero-order valence-corrected chi connectivity index (χ0v) is 12.7. The number of nitro groups is 1. The SMILES string of the molecule is O=C(COc1ccc([N+](=O)[O-])cc1)C(=CO)Sc1ccccc1. The van der Waals surface area contributed by atoms with Gasteiger partial charge in [0.15, 0.2) is 6.61 Å². The van der Waals surface area contributed by atoms with E-state index in [0.717, 1.165) is 22.9 Å². The maximum Gasteiger partial charge on any atom is 0.269 e. The minimum atomic E-state index is -0.516. The van der Waals surface area contributed by atoms with Gasteiger partial charge in [-0.1, -0.05) is 30.0 Å². The number of aliphatic hydroxyl groups is 1. The summed E-state index contributed by atoms with van der Waals surface area (Å²) in [6.07, 6.45) is 0.749. The number of ketones is 1. The van der Waals surface area contributed by atoms with Gasteiger partial charge in [0.2, 0.25) is 5.78 Å². The Hall–Kier alpha value is -2.80. The molecule has 0 aliphatic heterocycles. The Bertz CT molecular complexity index is 713. The van der Waals surface area contributed by atoms with Crippen molar-refractivity contribution in [3.05, 3.63) is 75.9 Å². The molecule has 7 heteroatoms. The molecule has 1 N–H and O–H groups in total. The number of rotatable bonds is 7. The number of nitrogens with zero attached hydrogens (tertiary/aromatic N) is 1. The van der Waals surface area contributed by atoms with Gasteiger partial charge in [-0.05, 0) is 24.3 Å². The van der Waals surface area contributed by atoms with Crippen LogP contribution in [0.4, 0.5) is 5.69 Å². The first-order valence-electron chi connectivity index (χ1n) is 6.58. The van der Waals surface area contributed by atoms with E-state index in [9.17, 15) is 20.0 Å². The Labute approximate surface area is 136 Å². The second-order valence-electron chi connectivity index (χ2n) is 4.37. The molecule has 0 spiro atoms. The molecular weight excluding hydrogens is 318 g/mol. The number of benzene rings is 2. The first-order valence-corrected chi connectivity index (χ1v) is 7.39. The van der Waals surface area contributed by atoms with Crippen molar-refractivity contribution in [2.45, 2.75) is 4.90 Å². The highest BCUT2D eigenvalue weighted by Gasteiger charge is 2.13. The molecule has 0 amide bonds. The number of Topliss-reactive ketones (excluding diaryl/α,β-unsaturated/α-hetero) is 1. The molecule has 0 saturated carbocycles. The molecule has 2 aromatic rings. The summed E-state index contributed by atoms with van der Waals surface area (Å²) in [5.41, 5.74) is -0.0562. The van der Waals surface area contributed by atoms with Crippen molar-refractivity contribution < 1.29 is 19.6 Å². The van der Waals surface area contributed by atoms with Gasteiger partial charge in [-0.25, -0.2) is 0 Å². The van der Waals surface area contributed by atoms with E-state index in [0.29, 0.717) is 5.75 Å². The first-order chi connectivity index (χ1) is 11.1. The van der Waals surface area contributed by atoms with Crippen molar-refractivity contribution in [1.29, 1.82) is 0 Å². The zero-order chi connectivity index (χ0) is 16.7. The van der Waals surface area contributed by atoms with Crippen molar-refractivity contribution in [2.24, 2.45) is 0 Å². The molecule has 0 fully saturated rings. The molecular formula is C16H13NO5S. The van der Waals surface area contributed by atoms with Gasteiger partial charge in [0.1, 0.15) is 5.75 Å². The van der Waals surface area contributed by atoms with Crippen LogP contribution in [0.5, 0.6) is 5.75 Å². The molecule has 2 aromatic carbocycles. The highest BCUT2D eigenvalue weighted by atomic mass is 32.2. The maximum atomic E-state index is 12.0. The fraction of sp³-hybridized carbons (Fsp3) is 0.0625. The lowest BCUT2D eigenvalue weighted by molar-refractivity contribution is -0.384. The summed E-state index contributed by atoms with van der Waals surface area (Å²) in [6, 6.07) is 14.6. The van der Waals surface area contributed by atoms with Gasteiger partial charge in [-0.3, -0.25) is 14.9 Å². The molecule has 6 nitrogen and oxygen atoms in total. The van der Waals surface area contributed by atoms with E-state index in [4.69, 9.17) is 4.74 Å². The Morgan fingerprint density at radius 2 is 1.83 bits per heavy atom. The van der Waals surface area contributed by atoms with Crippen LogP contribution in [0.1, 0.15) is 0 Å². The normalized spacial score (nSPS) is 11.0. The average Bonchev–Trinajstić information content (AvgIpc) is 2.58. The van der Waals surface area contributed by atoms with Crippen LogP contribution >= 0.6 is 11.8 Å². The molecule has 0 aliphatic rings. The van der Waals surface area contributed by atoms with Gasteiger partial charge >= 0.3 is 0 Å². The summed E-state index contributed by atoms with van der Waals surface area (Å²) in [5.74, 6) is -0.0503. The summed E-state index contributed by atoms with van der Waals surface area (Å²) >= 11 is 1.13. The van der Waals surface area contributed by atoms with Crippen LogP contribution in [0.2, 0.25) is 0 Å². The summed E-state index contributed by atoms with van der Waals surface area (Å²) in [5, 5.41) is 19.8. The third-order valence-electron chi connectivity index (χ3n) is 2.78. The van der Waals surface area contributed by atoms with Crippen molar-refractivity contribution in [3.63, 3.8) is 0 Å². The van der Waals surface area contributed by atoms with Gasteiger partial charge in [0.25, 0.3) is 5.69 Å².